The van der Waals surface area contributed by atoms with Crippen LogP contribution in [-0.4, -0.2) is 23.7 Å². The van der Waals surface area contributed by atoms with Crippen LogP contribution < -0.4 is 0 Å². The maximum Gasteiger partial charge on any atom is 0.166 e. The van der Waals surface area contributed by atoms with Crippen molar-refractivity contribution in [3.63, 3.8) is 0 Å². The molecule has 0 fully saturated rings. The minimum Gasteiger partial charge on any atom is -0.309 e. The third kappa shape index (κ3) is 4.03. The van der Waals surface area contributed by atoms with Gasteiger partial charge in [-0.2, -0.15) is 0 Å². The fourth-order valence-corrected chi connectivity index (χ4v) is 8.09. The Morgan fingerprint density at radius 3 is 1.35 bits per heavy atom. The van der Waals surface area contributed by atoms with Crippen LogP contribution in [0.15, 0.2) is 176 Å². The first-order valence-electron chi connectivity index (χ1n) is 17.3. The first-order chi connectivity index (χ1) is 25.3. The molecule has 0 amide bonds. The van der Waals surface area contributed by atoms with Gasteiger partial charge in [-0.05, 0) is 54.6 Å². The number of para-hydroxylation sites is 6. The fourth-order valence-electron chi connectivity index (χ4n) is 8.09. The Kier molecular flexibility index (Phi) is 5.89. The highest BCUT2D eigenvalue weighted by Crippen LogP contribution is 2.40. The number of fused-ring (bicyclic) bond motifs is 9. The maximum absolute atomic E-state index is 5.56. The van der Waals surface area contributed by atoms with Crippen molar-refractivity contribution in [2.45, 2.75) is 0 Å². The first-order valence-corrected chi connectivity index (χ1v) is 17.3. The molecule has 11 rings (SSSR count). The molecule has 51 heavy (non-hydrogen) atoms. The van der Waals surface area contributed by atoms with Gasteiger partial charge in [-0.3, -0.25) is 4.57 Å². The third-order valence-corrected chi connectivity index (χ3v) is 10.2. The van der Waals surface area contributed by atoms with E-state index >= 15 is 0 Å². The maximum atomic E-state index is 5.56. The van der Waals surface area contributed by atoms with E-state index in [4.69, 9.17) is 9.97 Å². The van der Waals surface area contributed by atoms with Crippen LogP contribution in [0.5, 0.6) is 0 Å². The summed E-state index contributed by atoms with van der Waals surface area (Å²) in [6.07, 6.45) is 0. The number of hydrogen-bond acceptors (Lipinski definition) is 2. The molecule has 0 atom stereocenters. The molecule has 5 nitrogen and oxygen atoms in total. The van der Waals surface area contributed by atoms with E-state index in [1.54, 1.807) is 0 Å². The van der Waals surface area contributed by atoms with Gasteiger partial charge in [0, 0.05) is 43.9 Å². The number of aromatic nitrogens is 5. The summed E-state index contributed by atoms with van der Waals surface area (Å²) in [5.41, 5.74) is 10.6. The number of rotatable bonds is 4. The summed E-state index contributed by atoms with van der Waals surface area (Å²) in [5, 5.41) is 5.94. The molecule has 4 aromatic heterocycles. The standard InChI is InChI=1S/C46H29N5/c1-2-16-31(17-3-1)50-42-28-13-8-23-37(42)43-44(50)46(51-40-26-11-6-21-35(40)36-22-7-12-27-41(36)51)48-45(47-43)30-15-14-18-32(29-30)49-38-24-9-4-19-33(38)34-20-5-10-25-39(34)49/h1-29H. The van der Waals surface area contributed by atoms with Gasteiger partial charge in [-0.1, -0.05) is 121 Å². The molecule has 0 radical (unpaired) electrons. The highest BCUT2D eigenvalue weighted by molar-refractivity contribution is 6.14. The lowest BCUT2D eigenvalue weighted by molar-refractivity contribution is 1.05. The lowest BCUT2D eigenvalue weighted by atomic mass is 10.1. The van der Waals surface area contributed by atoms with Gasteiger partial charge in [0.05, 0.1) is 27.6 Å². The molecule has 5 heteroatoms. The molecule has 7 aromatic carbocycles. The van der Waals surface area contributed by atoms with Gasteiger partial charge in [0.25, 0.3) is 0 Å². The van der Waals surface area contributed by atoms with E-state index in [9.17, 15) is 0 Å². The highest BCUT2D eigenvalue weighted by atomic mass is 15.1. The number of benzene rings is 7. The fraction of sp³-hybridized carbons (Fsp3) is 0. The van der Waals surface area contributed by atoms with Gasteiger partial charge in [-0.25, -0.2) is 9.97 Å². The van der Waals surface area contributed by atoms with E-state index in [0.29, 0.717) is 5.82 Å². The Balaban J connectivity index is 1.26. The number of nitrogens with zero attached hydrogens (tertiary/aromatic N) is 5. The number of hydrogen-bond donors (Lipinski definition) is 0. The molecule has 0 N–H and O–H groups in total. The van der Waals surface area contributed by atoms with Gasteiger partial charge in [0.2, 0.25) is 0 Å². The van der Waals surface area contributed by atoms with E-state index in [1.807, 2.05) is 0 Å². The zero-order valence-electron chi connectivity index (χ0n) is 27.5. The summed E-state index contributed by atoms with van der Waals surface area (Å²) < 4.78 is 7.00. The molecular weight excluding hydrogens is 623 g/mol. The second-order valence-corrected chi connectivity index (χ2v) is 13.0. The van der Waals surface area contributed by atoms with E-state index in [2.05, 4.69) is 190 Å². The SMILES string of the molecule is c1ccc(-n2c3ccccc3c3nc(-c4cccc(-n5c6ccccc6c6ccccc65)c4)nc(-n4c5ccccc5c5ccccc54)c32)cc1. The normalized spacial score (nSPS) is 11.9. The molecule has 238 valence electrons. The Bertz CT molecular complexity index is 3040. The van der Waals surface area contributed by atoms with Crippen molar-refractivity contribution in [2.24, 2.45) is 0 Å². The van der Waals surface area contributed by atoms with Crippen LogP contribution in [0.25, 0.3) is 94.1 Å². The van der Waals surface area contributed by atoms with E-state index < -0.39 is 0 Å². The van der Waals surface area contributed by atoms with Crippen molar-refractivity contribution in [2.75, 3.05) is 0 Å². The Labute approximate surface area is 292 Å². The molecule has 0 unspecified atom stereocenters. The van der Waals surface area contributed by atoms with Crippen LogP contribution in [0.1, 0.15) is 0 Å². The Hall–Kier alpha value is -6.98. The van der Waals surface area contributed by atoms with E-state index in [-0.39, 0.29) is 0 Å². The Morgan fingerprint density at radius 2 is 0.784 bits per heavy atom. The third-order valence-electron chi connectivity index (χ3n) is 10.2. The van der Waals surface area contributed by atoms with Crippen LogP contribution in [0.3, 0.4) is 0 Å². The monoisotopic (exact) mass is 651 g/mol. The average molecular weight is 652 g/mol. The van der Waals surface area contributed by atoms with Crippen LogP contribution in [0.2, 0.25) is 0 Å². The molecule has 0 aliphatic carbocycles. The molecule has 0 aliphatic rings. The van der Waals surface area contributed by atoms with Crippen molar-refractivity contribution >= 4 is 65.5 Å². The van der Waals surface area contributed by atoms with Crippen molar-refractivity contribution in [3.8, 4) is 28.6 Å². The molecule has 4 heterocycles. The average Bonchev–Trinajstić information content (AvgIpc) is 3.84. The molecule has 0 bridgehead atoms. The van der Waals surface area contributed by atoms with Crippen LogP contribution in [0, 0.1) is 0 Å². The van der Waals surface area contributed by atoms with E-state index in [1.165, 1.54) is 32.6 Å². The first kappa shape index (κ1) is 27.9. The molecule has 11 aromatic rings. The van der Waals surface area contributed by atoms with Crippen molar-refractivity contribution < 1.29 is 0 Å². The summed E-state index contributed by atoms with van der Waals surface area (Å²) in [4.78, 5) is 11.0. The van der Waals surface area contributed by atoms with Gasteiger partial charge in [0.15, 0.2) is 11.6 Å². The minimum absolute atomic E-state index is 0.679. The lowest BCUT2D eigenvalue weighted by Gasteiger charge is -2.15. The van der Waals surface area contributed by atoms with Crippen molar-refractivity contribution in [3.05, 3.63) is 176 Å². The second kappa shape index (κ2) is 10.8. The smallest absolute Gasteiger partial charge is 0.166 e. The zero-order chi connectivity index (χ0) is 33.5. The zero-order valence-corrected chi connectivity index (χ0v) is 27.5. The predicted molar refractivity (Wildman–Crippen MR) is 210 cm³/mol. The molecule has 0 spiro atoms. The van der Waals surface area contributed by atoms with Gasteiger partial charge >= 0.3 is 0 Å². The van der Waals surface area contributed by atoms with Crippen molar-refractivity contribution in [1.29, 1.82) is 0 Å². The van der Waals surface area contributed by atoms with E-state index in [0.717, 1.165) is 55.7 Å². The van der Waals surface area contributed by atoms with Gasteiger partial charge < -0.3 is 9.13 Å². The highest BCUT2D eigenvalue weighted by Gasteiger charge is 2.24. The molecule has 0 aliphatic heterocycles. The van der Waals surface area contributed by atoms with Crippen LogP contribution in [-0.2, 0) is 0 Å². The van der Waals surface area contributed by atoms with Gasteiger partial charge in [-0.15, -0.1) is 0 Å². The summed E-state index contributed by atoms with van der Waals surface area (Å²) in [5.74, 6) is 1.52. The summed E-state index contributed by atoms with van der Waals surface area (Å²) >= 11 is 0. The molecule has 0 saturated carbocycles. The molecular formula is C46H29N5. The Morgan fingerprint density at radius 1 is 0.333 bits per heavy atom. The minimum atomic E-state index is 0.679. The van der Waals surface area contributed by atoms with Crippen molar-refractivity contribution in [1.82, 2.24) is 23.7 Å². The van der Waals surface area contributed by atoms with Crippen LogP contribution in [0.4, 0.5) is 0 Å². The largest absolute Gasteiger partial charge is 0.309 e. The molecule has 0 saturated heterocycles. The predicted octanol–water partition coefficient (Wildman–Crippen LogP) is 11.4. The second-order valence-electron chi connectivity index (χ2n) is 13.0. The lowest BCUT2D eigenvalue weighted by Crippen LogP contribution is -2.05. The summed E-state index contributed by atoms with van der Waals surface area (Å²) in [6, 6.07) is 62.3. The van der Waals surface area contributed by atoms with Gasteiger partial charge in [0.1, 0.15) is 11.0 Å². The topological polar surface area (TPSA) is 40.6 Å². The van der Waals surface area contributed by atoms with Crippen LogP contribution >= 0.6 is 0 Å². The summed E-state index contributed by atoms with van der Waals surface area (Å²) in [7, 11) is 0. The quantitative estimate of drug-likeness (QED) is 0.190. The summed E-state index contributed by atoms with van der Waals surface area (Å²) in [6.45, 7) is 0.